The number of benzene rings is 2. The minimum absolute atomic E-state index is 0.00730. The molecule has 2 aromatic rings. The summed E-state index contributed by atoms with van der Waals surface area (Å²) in [4.78, 5) is 12.1. The summed E-state index contributed by atoms with van der Waals surface area (Å²) >= 11 is 0. The summed E-state index contributed by atoms with van der Waals surface area (Å²) in [6.45, 7) is 3.33. The van der Waals surface area contributed by atoms with Crippen molar-refractivity contribution in [1.82, 2.24) is 0 Å². The summed E-state index contributed by atoms with van der Waals surface area (Å²) in [6, 6.07) is 13.3. The van der Waals surface area contributed by atoms with Crippen LogP contribution in [0.5, 0.6) is 11.5 Å². The Balaban J connectivity index is 1.76. The van der Waals surface area contributed by atoms with Crippen molar-refractivity contribution in [2.75, 3.05) is 13.2 Å². The second-order valence-electron chi connectivity index (χ2n) is 5.32. The summed E-state index contributed by atoms with van der Waals surface area (Å²) in [6.07, 6.45) is 4.27. The third-order valence-corrected chi connectivity index (χ3v) is 3.53. The van der Waals surface area contributed by atoms with Gasteiger partial charge in [-0.25, -0.2) is 0 Å². The number of aryl methyl sites for hydroxylation is 1. The molecule has 0 saturated heterocycles. The van der Waals surface area contributed by atoms with Crippen molar-refractivity contribution in [2.24, 2.45) is 0 Å². The van der Waals surface area contributed by atoms with Gasteiger partial charge in [0, 0.05) is 12.0 Å². The molecule has 0 aromatic heterocycles. The van der Waals surface area contributed by atoms with E-state index in [2.05, 4.69) is 0 Å². The van der Waals surface area contributed by atoms with Crippen LogP contribution in [0.3, 0.4) is 0 Å². The first-order valence-electron chi connectivity index (χ1n) is 7.41. The quantitative estimate of drug-likeness (QED) is 0.633. The van der Waals surface area contributed by atoms with Gasteiger partial charge >= 0.3 is 0 Å². The third kappa shape index (κ3) is 3.37. The fraction of sp³-hybridized carbons (Fsp3) is 0.211. The third-order valence-electron chi connectivity index (χ3n) is 3.53. The average molecular weight is 294 g/mol. The molecule has 0 aliphatic carbocycles. The Hall–Kier alpha value is -2.55. The van der Waals surface area contributed by atoms with Crippen LogP contribution >= 0.6 is 0 Å². The highest BCUT2D eigenvalue weighted by atomic mass is 16.5. The number of hydrogen-bond donors (Lipinski definition) is 0. The summed E-state index contributed by atoms with van der Waals surface area (Å²) in [7, 11) is 0. The largest absolute Gasteiger partial charge is 0.490 e. The van der Waals surface area contributed by atoms with Gasteiger partial charge in [0.1, 0.15) is 0 Å². The van der Waals surface area contributed by atoms with E-state index >= 15 is 0 Å². The van der Waals surface area contributed by atoms with Crippen molar-refractivity contribution in [3.8, 4) is 11.5 Å². The van der Waals surface area contributed by atoms with Gasteiger partial charge in [-0.05, 0) is 30.7 Å². The van der Waals surface area contributed by atoms with Crippen molar-refractivity contribution in [3.05, 3.63) is 65.2 Å². The summed E-state index contributed by atoms with van der Waals surface area (Å²) in [5.74, 6) is 1.49. The number of ether oxygens (including phenoxy) is 2. The summed E-state index contributed by atoms with van der Waals surface area (Å²) in [5, 5.41) is 0. The van der Waals surface area contributed by atoms with E-state index in [0.29, 0.717) is 18.8 Å². The predicted octanol–water partition coefficient (Wildman–Crippen LogP) is 4.05. The van der Waals surface area contributed by atoms with Crippen molar-refractivity contribution in [2.45, 2.75) is 13.3 Å². The topological polar surface area (TPSA) is 35.5 Å². The van der Waals surface area contributed by atoms with Gasteiger partial charge in [0.05, 0.1) is 13.2 Å². The molecule has 1 aliphatic rings. The highest BCUT2D eigenvalue weighted by Crippen LogP contribution is 2.30. The van der Waals surface area contributed by atoms with Crippen LogP contribution in [0.1, 0.15) is 27.9 Å². The van der Waals surface area contributed by atoms with Gasteiger partial charge in [-0.15, -0.1) is 0 Å². The van der Waals surface area contributed by atoms with Crippen molar-refractivity contribution in [3.63, 3.8) is 0 Å². The molecule has 0 atom stereocenters. The predicted molar refractivity (Wildman–Crippen MR) is 86.6 cm³/mol. The van der Waals surface area contributed by atoms with E-state index in [9.17, 15) is 4.79 Å². The van der Waals surface area contributed by atoms with E-state index in [1.54, 1.807) is 12.2 Å². The van der Waals surface area contributed by atoms with Crippen LogP contribution in [-0.2, 0) is 0 Å². The molecule has 0 N–H and O–H groups in total. The first-order valence-corrected chi connectivity index (χ1v) is 7.41. The maximum absolute atomic E-state index is 12.1. The van der Waals surface area contributed by atoms with Gasteiger partial charge in [-0.1, -0.05) is 42.0 Å². The van der Waals surface area contributed by atoms with Crippen molar-refractivity contribution >= 4 is 11.9 Å². The molecule has 0 radical (unpaired) electrons. The standard InChI is InChI=1S/C19H18O3/c1-14-3-7-16(8-4-14)17(20)9-5-15-6-10-18-19(13-15)22-12-2-11-21-18/h3-10,13H,2,11-12H2,1H3/b9-5+. The molecule has 0 spiro atoms. The van der Waals surface area contributed by atoms with Crippen LogP contribution < -0.4 is 9.47 Å². The van der Waals surface area contributed by atoms with E-state index in [0.717, 1.165) is 29.0 Å². The minimum Gasteiger partial charge on any atom is -0.490 e. The Morgan fingerprint density at radius 1 is 1.00 bits per heavy atom. The lowest BCUT2D eigenvalue weighted by molar-refractivity contribution is 0.104. The van der Waals surface area contributed by atoms with E-state index in [1.807, 2.05) is 49.4 Å². The van der Waals surface area contributed by atoms with Crippen LogP contribution in [0.4, 0.5) is 0 Å². The molecule has 0 saturated carbocycles. The first kappa shape index (κ1) is 14.4. The van der Waals surface area contributed by atoms with Gasteiger partial charge in [0.25, 0.3) is 0 Å². The zero-order chi connectivity index (χ0) is 15.4. The lowest BCUT2D eigenvalue weighted by Crippen LogP contribution is -1.97. The molecule has 3 rings (SSSR count). The molecule has 0 fully saturated rings. The number of carbonyl (C=O) groups is 1. The molecule has 3 nitrogen and oxygen atoms in total. The molecule has 1 heterocycles. The second-order valence-corrected chi connectivity index (χ2v) is 5.32. The summed E-state index contributed by atoms with van der Waals surface area (Å²) in [5.41, 5.74) is 2.75. The van der Waals surface area contributed by atoms with Gasteiger partial charge in [-0.3, -0.25) is 4.79 Å². The molecule has 0 amide bonds. The first-order chi connectivity index (χ1) is 10.7. The van der Waals surface area contributed by atoms with Crippen molar-refractivity contribution in [1.29, 1.82) is 0 Å². The van der Waals surface area contributed by atoms with Gasteiger partial charge < -0.3 is 9.47 Å². The van der Waals surface area contributed by atoms with Crippen LogP contribution in [-0.4, -0.2) is 19.0 Å². The zero-order valence-electron chi connectivity index (χ0n) is 12.5. The lowest BCUT2D eigenvalue weighted by Gasteiger charge is -2.07. The molecular weight excluding hydrogens is 276 g/mol. The zero-order valence-corrected chi connectivity index (χ0v) is 12.5. The monoisotopic (exact) mass is 294 g/mol. The van der Waals surface area contributed by atoms with Crippen LogP contribution in [0.15, 0.2) is 48.5 Å². The Morgan fingerprint density at radius 2 is 1.73 bits per heavy atom. The van der Waals surface area contributed by atoms with Gasteiger partial charge in [0.2, 0.25) is 0 Å². The number of rotatable bonds is 3. The van der Waals surface area contributed by atoms with Crippen LogP contribution in [0, 0.1) is 6.92 Å². The summed E-state index contributed by atoms with van der Waals surface area (Å²) < 4.78 is 11.2. The fourth-order valence-electron chi connectivity index (χ4n) is 2.27. The van der Waals surface area contributed by atoms with Crippen molar-refractivity contribution < 1.29 is 14.3 Å². The Kier molecular flexibility index (Phi) is 4.24. The number of carbonyl (C=O) groups excluding carboxylic acids is 1. The van der Waals surface area contributed by atoms with Crippen LogP contribution in [0.25, 0.3) is 6.08 Å². The highest BCUT2D eigenvalue weighted by Gasteiger charge is 2.10. The van der Waals surface area contributed by atoms with E-state index in [-0.39, 0.29) is 5.78 Å². The fourth-order valence-corrected chi connectivity index (χ4v) is 2.27. The number of ketones is 1. The second kappa shape index (κ2) is 6.48. The van der Waals surface area contributed by atoms with E-state index < -0.39 is 0 Å². The van der Waals surface area contributed by atoms with Gasteiger partial charge in [0.15, 0.2) is 17.3 Å². The van der Waals surface area contributed by atoms with E-state index in [1.165, 1.54) is 0 Å². The van der Waals surface area contributed by atoms with E-state index in [4.69, 9.17) is 9.47 Å². The Bertz CT molecular complexity index is 699. The lowest BCUT2D eigenvalue weighted by atomic mass is 10.1. The highest BCUT2D eigenvalue weighted by molar-refractivity contribution is 6.06. The van der Waals surface area contributed by atoms with Gasteiger partial charge in [-0.2, -0.15) is 0 Å². The number of hydrogen-bond acceptors (Lipinski definition) is 3. The SMILES string of the molecule is Cc1ccc(C(=O)/C=C/c2ccc3c(c2)OCCCO3)cc1. The molecule has 112 valence electrons. The molecule has 2 aromatic carbocycles. The number of allylic oxidation sites excluding steroid dienone is 1. The molecular formula is C19H18O3. The normalized spacial score (nSPS) is 13.9. The van der Waals surface area contributed by atoms with Crippen LogP contribution in [0.2, 0.25) is 0 Å². The Morgan fingerprint density at radius 3 is 2.50 bits per heavy atom. The maximum Gasteiger partial charge on any atom is 0.185 e. The molecule has 3 heteroatoms. The number of fused-ring (bicyclic) bond motifs is 1. The minimum atomic E-state index is -0.00730. The molecule has 22 heavy (non-hydrogen) atoms. The smallest absolute Gasteiger partial charge is 0.185 e. The average Bonchev–Trinajstić information content (AvgIpc) is 2.78. The molecule has 0 unspecified atom stereocenters. The molecule has 1 aliphatic heterocycles. The molecule has 0 bridgehead atoms. The maximum atomic E-state index is 12.1. The Labute approximate surface area is 130 Å².